The highest BCUT2D eigenvalue weighted by molar-refractivity contribution is 6.30. The van der Waals surface area contributed by atoms with Crippen LogP contribution in [0.3, 0.4) is 0 Å². The van der Waals surface area contributed by atoms with Crippen molar-refractivity contribution in [2.24, 2.45) is 0 Å². The van der Waals surface area contributed by atoms with Crippen molar-refractivity contribution >= 4 is 17.3 Å². The van der Waals surface area contributed by atoms with Crippen molar-refractivity contribution in [2.45, 2.75) is 65.1 Å². The van der Waals surface area contributed by atoms with Crippen LogP contribution in [0, 0.1) is 0 Å². The topological polar surface area (TPSA) is 39.7 Å². The summed E-state index contributed by atoms with van der Waals surface area (Å²) in [6.07, 6.45) is 3.60. The number of hydrogen-bond donors (Lipinski definition) is 1. The van der Waals surface area contributed by atoms with Crippen LogP contribution in [0.25, 0.3) is 0 Å². The van der Waals surface area contributed by atoms with Crippen LogP contribution in [0.15, 0.2) is 54.6 Å². The summed E-state index contributed by atoms with van der Waals surface area (Å²) in [7, 11) is 0. The Balaban J connectivity index is 1.87. The van der Waals surface area contributed by atoms with E-state index in [4.69, 9.17) is 25.8 Å². The molecule has 0 radical (unpaired) electrons. The third-order valence-corrected chi connectivity index (χ3v) is 5.30. The van der Waals surface area contributed by atoms with Gasteiger partial charge in [-0.1, -0.05) is 35.9 Å². The Morgan fingerprint density at radius 2 is 2.00 bits per heavy atom. The summed E-state index contributed by atoms with van der Waals surface area (Å²) >= 11 is 6.10. The van der Waals surface area contributed by atoms with E-state index < -0.39 is 5.60 Å². The van der Waals surface area contributed by atoms with Gasteiger partial charge in [-0.05, 0) is 70.5 Å². The van der Waals surface area contributed by atoms with E-state index in [2.05, 4.69) is 31.3 Å². The molecule has 1 N–H and O–H groups in total. The lowest BCUT2D eigenvalue weighted by Crippen LogP contribution is -2.51. The maximum Gasteiger partial charge on any atom is 0.132 e. The molecule has 0 saturated heterocycles. The Morgan fingerprint density at radius 1 is 1.20 bits per heavy atom. The quantitative estimate of drug-likeness (QED) is 0.483. The van der Waals surface area contributed by atoms with Crippen molar-refractivity contribution in [1.82, 2.24) is 0 Å². The van der Waals surface area contributed by atoms with Gasteiger partial charge in [-0.25, -0.2) is 0 Å². The maximum atomic E-state index is 6.36. The molecule has 0 spiro atoms. The molecular formula is C25H32ClNO3. The summed E-state index contributed by atoms with van der Waals surface area (Å²) in [5.41, 5.74) is 2.62. The van der Waals surface area contributed by atoms with Crippen LogP contribution in [-0.2, 0) is 16.0 Å². The number of anilines is 1. The van der Waals surface area contributed by atoms with Gasteiger partial charge in [-0.15, -0.1) is 0 Å². The van der Waals surface area contributed by atoms with Crippen LogP contribution in [0.4, 0.5) is 5.69 Å². The average Bonchev–Trinajstić information content (AvgIpc) is 2.68. The Morgan fingerprint density at radius 3 is 2.70 bits per heavy atom. The molecule has 0 fully saturated rings. The first-order chi connectivity index (χ1) is 14.3. The summed E-state index contributed by atoms with van der Waals surface area (Å²) in [5, 5.41) is 4.22. The lowest BCUT2D eigenvalue weighted by Gasteiger charge is -2.44. The SMILES string of the molecule is CC=CCOC1C(OC(C)C)c2cc(NCc3cccc(Cl)c3)ccc2OC1(C)C. The number of benzene rings is 2. The van der Waals surface area contributed by atoms with Crippen LogP contribution < -0.4 is 10.1 Å². The van der Waals surface area contributed by atoms with Crippen molar-refractivity contribution < 1.29 is 14.2 Å². The Labute approximate surface area is 185 Å². The number of fused-ring (bicyclic) bond motifs is 1. The lowest BCUT2D eigenvalue weighted by molar-refractivity contribution is -0.168. The van der Waals surface area contributed by atoms with Gasteiger partial charge in [0.2, 0.25) is 0 Å². The molecule has 30 heavy (non-hydrogen) atoms. The predicted octanol–water partition coefficient (Wildman–Crippen LogP) is 6.55. The summed E-state index contributed by atoms with van der Waals surface area (Å²) in [6, 6.07) is 14.0. The second-order valence-electron chi connectivity index (χ2n) is 8.37. The highest BCUT2D eigenvalue weighted by atomic mass is 35.5. The minimum absolute atomic E-state index is 0.0626. The zero-order valence-corrected chi connectivity index (χ0v) is 19.2. The first kappa shape index (κ1) is 22.7. The zero-order valence-electron chi connectivity index (χ0n) is 18.4. The number of halogens is 1. The molecule has 2 aromatic carbocycles. The van der Waals surface area contributed by atoms with Gasteiger partial charge in [0.1, 0.15) is 23.6 Å². The van der Waals surface area contributed by atoms with Gasteiger partial charge in [-0.2, -0.15) is 0 Å². The van der Waals surface area contributed by atoms with E-state index in [0.29, 0.717) is 13.2 Å². The molecule has 0 aliphatic carbocycles. The van der Waals surface area contributed by atoms with Gasteiger partial charge in [0.05, 0.1) is 12.7 Å². The molecule has 4 nitrogen and oxygen atoms in total. The first-order valence-corrected chi connectivity index (χ1v) is 10.9. The molecule has 2 atom stereocenters. The van der Waals surface area contributed by atoms with Crippen molar-refractivity contribution in [3.63, 3.8) is 0 Å². The third-order valence-electron chi connectivity index (χ3n) is 5.06. The average molecular weight is 430 g/mol. The molecule has 1 aliphatic rings. The van der Waals surface area contributed by atoms with Crippen LogP contribution in [-0.4, -0.2) is 24.4 Å². The van der Waals surface area contributed by atoms with Gasteiger partial charge in [0.25, 0.3) is 0 Å². The largest absolute Gasteiger partial charge is 0.485 e. The molecule has 0 saturated carbocycles. The second kappa shape index (κ2) is 9.86. The molecule has 1 heterocycles. The molecule has 0 bridgehead atoms. The van der Waals surface area contributed by atoms with Crippen molar-refractivity contribution in [1.29, 1.82) is 0 Å². The molecule has 2 unspecified atom stereocenters. The minimum Gasteiger partial charge on any atom is -0.485 e. The van der Waals surface area contributed by atoms with Crippen LogP contribution in [0.5, 0.6) is 5.75 Å². The fourth-order valence-corrected chi connectivity index (χ4v) is 3.89. The standard InChI is InChI=1S/C25H32ClNO3/c1-6-7-13-28-24-23(29-17(2)3)21-15-20(11-12-22(21)30-25(24,4)5)27-16-18-9-8-10-19(26)14-18/h6-12,14-15,17,23-24,27H,13,16H2,1-5H3. The molecule has 3 rings (SSSR count). The molecule has 2 aromatic rings. The minimum atomic E-state index is -0.510. The van der Waals surface area contributed by atoms with Crippen LogP contribution in [0.2, 0.25) is 5.02 Å². The van der Waals surface area contributed by atoms with Crippen molar-refractivity contribution in [3.8, 4) is 5.75 Å². The van der Waals surface area contributed by atoms with Crippen LogP contribution >= 0.6 is 11.6 Å². The fraction of sp³-hybridized carbons (Fsp3) is 0.440. The van der Waals surface area contributed by atoms with E-state index in [1.54, 1.807) is 0 Å². The monoisotopic (exact) mass is 429 g/mol. The van der Waals surface area contributed by atoms with E-state index in [1.807, 2.05) is 63.3 Å². The number of rotatable bonds is 8. The molecule has 0 aromatic heterocycles. The molecular weight excluding hydrogens is 398 g/mol. The number of ether oxygens (including phenoxy) is 3. The fourth-order valence-electron chi connectivity index (χ4n) is 3.68. The van der Waals surface area contributed by atoms with Gasteiger partial charge in [0.15, 0.2) is 0 Å². The van der Waals surface area contributed by atoms with E-state index in [1.165, 1.54) is 0 Å². The van der Waals surface area contributed by atoms with E-state index in [9.17, 15) is 0 Å². The Hall–Kier alpha value is -2.01. The molecule has 162 valence electrons. The summed E-state index contributed by atoms with van der Waals surface area (Å²) in [4.78, 5) is 0. The maximum absolute atomic E-state index is 6.36. The zero-order chi connectivity index (χ0) is 21.7. The Kier molecular flexibility index (Phi) is 7.45. The molecule has 1 aliphatic heterocycles. The van der Waals surface area contributed by atoms with Gasteiger partial charge in [0, 0.05) is 22.8 Å². The molecule has 5 heteroatoms. The predicted molar refractivity (Wildman–Crippen MR) is 123 cm³/mol. The normalized spacial score (nSPS) is 20.2. The second-order valence-corrected chi connectivity index (χ2v) is 8.81. The van der Waals surface area contributed by atoms with Gasteiger partial charge < -0.3 is 19.5 Å². The number of allylic oxidation sites excluding steroid dienone is 1. The van der Waals surface area contributed by atoms with Crippen LogP contribution in [0.1, 0.15) is 51.8 Å². The van der Waals surface area contributed by atoms with Gasteiger partial charge in [-0.3, -0.25) is 0 Å². The van der Waals surface area contributed by atoms with E-state index in [0.717, 1.165) is 27.6 Å². The van der Waals surface area contributed by atoms with Gasteiger partial charge >= 0.3 is 0 Å². The highest BCUT2D eigenvalue weighted by Gasteiger charge is 2.45. The first-order valence-electron chi connectivity index (χ1n) is 10.5. The molecule has 0 amide bonds. The van der Waals surface area contributed by atoms with E-state index in [-0.39, 0.29) is 18.3 Å². The number of nitrogens with one attached hydrogen (secondary N) is 1. The Bertz CT molecular complexity index is 878. The summed E-state index contributed by atoms with van der Waals surface area (Å²) in [5.74, 6) is 0.838. The summed E-state index contributed by atoms with van der Waals surface area (Å²) in [6.45, 7) is 11.4. The summed E-state index contributed by atoms with van der Waals surface area (Å²) < 4.78 is 18.9. The smallest absolute Gasteiger partial charge is 0.132 e. The highest BCUT2D eigenvalue weighted by Crippen LogP contribution is 2.44. The number of hydrogen-bond acceptors (Lipinski definition) is 4. The van der Waals surface area contributed by atoms with Crippen molar-refractivity contribution in [2.75, 3.05) is 11.9 Å². The van der Waals surface area contributed by atoms with E-state index >= 15 is 0 Å². The lowest BCUT2D eigenvalue weighted by atomic mass is 9.87. The van der Waals surface area contributed by atoms with Crippen molar-refractivity contribution in [3.05, 3.63) is 70.8 Å². The third kappa shape index (κ3) is 5.57.